The Kier molecular flexibility index (Phi) is 10.9. The summed E-state index contributed by atoms with van der Waals surface area (Å²) in [7, 11) is 0. The average molecular weight is 342 g/mol. The van der Waals surface area contributed by atoms with E-state index in [9.17, 15) is 9.90 Å². The molecule has 0 rings (SSSR count). The molecule has 3 heteroatoms. The van der Waals surface area contributed by atoms with E-state index in [4.69, 9.17) is 0 Å². The van der Waals surface area contributed by atoms with Gasteiger partial charge in [0.2, 0.25) is 5.91 Å². The summed E-state index contributed by atoms with van der Waals surface area (Å²) in [6, 6.07) is -0.200. The second kappa shape index (κ2) is 11.1. The van der Waals surface area contributed by atoms with Gasteiger partial charge in [-0.2, -0.15) is 0 Å². The van der Waals surface area contributed by atoms with Crippen LogP contribution in [0.4, 0.5) is 0 Å². The Labute approximate surface area is 151 Å². The normalized spacial score (nSPS) is 20.8. The first-order valence-corrected chi connectivity index (χ1v) is 9.99. The molecule has 3 nitrogen and oxygen atoms in total. The molecule has 0 saturated heterocycles. The quantitative estimate of drug-likeness (QED) is 0.563. The molecule has 0 aromatic heterocycles. The minimum atomic E-state index is -0.521. The van der Waals surface area contributed by atoms with Gasteiger partial charge in [-0.25, -0.2) is 0 Å². The highest BCUT2D eigenvalue weighted by Crippen LogP contribution is 2.31. The summed E-state index contributed by atoms with van der Waals surface area (Å²) in [5.41, 5.74) is 0. The Morgan fingerprint density at radius 1 is 0.875 bits per heavy atom. The molecule has 0 radical (unpaired) electrons. The molecule has 0 aliphatic heterocycles. The molecular weight excluding hydrogens is 298 g/mol. The zero-order valence-electron chi connectivity index (χ0n) is 17.6. The summed E-state index contributed by atoms with van der Waals surface area (Å²) in [5.74, 6) is 2.89. The molecular formula is C21H43NO2. The van der Waals surface area contributed by atoms with Crippen LogP contribution in [0.2, 0.25) is 0 Å². The van der Waals surface area contributed by atoms with Crippen molar-refractivity contribution in [2.75, 3.05) is 0 Å². The number of aliphatic hydroxyl groups excluding tert-OH is 1. The Balaban J connectivity index is 4.74. The Morgan fingerprint density at radius 2 is 1.38 bits per heavy atom. The van der Waals surface area contributed by atoms with Gasteiger partial charge in [0.05, 0.1) is 12.1 Å². The van der Waals surface area contributed by atoms with E-state index < -0.39 is 6.10 Å². The standard InChI is InChI=1S/C21H43NO2/c1-10-15(5)16(6)11-14(4)12-17(7)20(13(2)3)21(24)22-18(8)19(9)23/h13-20,23H,10-12H2,1-9H3,(H,22,24). The molecule has 7 unspecified atom stereocenters. The number of carbonyl (C=O) groups excluding carboxylic acids is 1. The molecule has 0 aliphatic carbocycles. The SMILES string of the molecule is CCC(C)C(C)CC(C)CC(C)C(C(=O)NC(C)C(C)O)C(C)C. The summed E-state index contributed by atoms with van der Waals surface area (Å²) >= 11 is 0. The highest BCUT2D eigenvalue weighted by molar-refractivity contribution is 5.79. The highest BCUT2D eigenvalue weighted by Gasteiger charge is 2.30. The number of nitrogens with one attached hydrogen (secondary N) is 1. The second-order valence-corrected chi connectivity index (χ2v) is 8.72. The predicted octanol–water partition coefficient (Wildman–Crippen LogP) is 4.88. The molecule has 1 amide bonds. The first-order chi connectivity index (χ1) is 11.0. The summed E-state index contributed by atoms with van der Waals surface area (Å²) < 4.78 is 0. The monoisotopic (exact) mass is 341 g/mol. The van der Waals surface area contributed by atoms with Crippen molar-refractivity contribution in [1.82, 2.24) is 5.32 Å². The molecule has 7 atom stereocenters. The molecule has 144 valence electrons. The minimum absolute atomic E-state index is 0.00700. The molecule has 0 spiro atoms. The Hall–Kier alpha value is -0.570. The molecule has 0 heterocycles. The van der Waals surface area contributed by atoms with E-state index in [1.807, 2.05) is 6.92 Å². The van der Waals surface area contributed by atoms with Crippen LogP contribution in [0.25, 0.3) is 0 Å². The van der Waals surface area contributed by atoms with E-state index in [-0.39, 0.29) is 17.9 Å². The smallest absolute Gasteiger partial charge is 0.223 e. The number of carbonyl (C=O) groups is 1. The molecule has 0 bridgehead atoms. The lowest BCUT2D eigenvalue weighted by Crippen LogP contribution is -2.45. The van der Waals surface area contributed by atoms with Gasteiger partial charge in [0.1, 0.15) is 0 Å². The minimum Gasteiger partial charge on any atom is -0.391 e. The maximum absolute atomic E-state index is 12.7. The van der Waals surface area contributed by atoms with E-state index in [1.165, 1.54) is 12.8 Å². The van der Waals surface area contributed by atoms with Crippen molar-refractivity contribution in [3.05, 3.63) is 0 Å². The van der Waals surface area contributed by atoms with Crippen molar-refractivity contribution in [2.45, 2.75) is 93.7 Å². The van der Waals surface area contributed by atoms with Gasteiger partial charge in [-0.15, -0.1) is 0 Å². The van der Waals surface area contributed by atoms with Gasteiger partial charge in [0.25, 0.3) is 0 Å². The highest BCUT2D eigenvalue weighted by atomic mass is 16.3. The summed E-state index contributed by atoms with van der Waals surface area (Å²) in [4.78, 5) is 12.7. The van der Waals surface area contributed by atoms with E-state index in [0.717, 1.165) is 18.3 Å². The fourth-order valence-corrected chi connectivity index (χ4v) is 3.81. The largest absolute Gasteiger partial charge is 0.391 e. The van der Waals surface area contributed by atoms with Crippen LogP contribution >= 0.6 is 0 Å². The van der Waals surface area contributed by atoms with Crippen LogP contribution in [0.1, 0.15) is 81.6 Å². The van der Waals surface area contributed by atoms with E-state index in [2.05, 4.69) is 53.8 Å². The van der Waals surface area contributed by atoms with Gasteiger partial charge in [-0.1, -0.05) is 54.9 Å². The number of aliphatic hydroxyl groups is 1. The lowest BCUT2D eigenvalue weighted by atomic mass is 9.76. The first-order valence-electron chi connectivity index (χ1n) is 9.99. The van der Waals surface area contributed by atoms with Gasteiger partial charge >= 0.3 is 0 Å². The van der Waals surface area contributed by atoms with Gasteiger partial charge in [-0.05, 0) is 56.3 Å². The summed E-state index contributed by atoms with van der Waals surface area (Å²) in [6.07, 6.45) is 3.03. The molecule has 0 saturated carbocycles. The van der Waals surface area contributed by atoms with E-state index in [0.29, 0.717) is 17.8 Å². The first kappa shape index (κ1) is 23.4. The van der Waals surface area contributed by atoms with Gasteiger partial charge in [0, 0.05) is 5.92 Å². The van der Waals surface area contributed by atoms with Crippen molar-refractivity contribution >= 4 is 5.91 Å². The lowest BCUT2D eigenvalue weighted by Gasteiger charge is -2.31. The number of hydrogen-bond acceptors (Lipinski definition) is 2. The maximum atomic E-state index is 12.7. The van der Waals surface area contributed by atoms with Crippen molar-refractivity contribution in [1.29, 1.82) is 0 Å². The third-order valence-electron chi connectivity index (χ3n) is 5.89. The zero-order chi connectivity index (χ0) is 19.0. The fraction of sp³-hybridized carbons (Fsp3) is 0.952. The summed E-state index contributed by atoms with van der Waals surface area (Å²) in [5, 5.41) is 12.6. The second-order valence-electron chi connectivity index (χ2n) is 8.72. The van der Waals surface area contributed by atoms with Gasteiger partial charge in [0.15, 0.2) is 0 Å². The third-order valence-corrected chi connectivity index (χ3v) is 5.89. The van der Waals surface area contributed by atoms with Crippen molar-refractivity contribution in [3.63, 3.8) is 0 Å². The zero-order valence-corrected chi connectivity index (χ0v) is 17.6. The predicted molar refractivity (Wildman–Crippen MR) is 104 cm³/mol. The van der Waals surface area contributed by atoms with Crippen LogP contribution in [-0.4, -0.2) is 23.2 Å². The van der Waals surface area contributed by atoms with Crippen LogP contribution in [0, 0.1) is 35.5 Å². The number of amides is 1. The van der Waals surface area contributed by atoms with E-state index in [1.54, 1.807) is 6.92 Å². The Bertz CT molecular complexity index is 354. The molecule has 24 heavy (non-hydrogen) atoms. The average Bonchev–Trinajstić information content (AvgIpc) is 2.45. The van der Waals surface area contributed by atoms with E-state index >= 15 is 0 Å². The third kappa shape index (κ3) is 8.00. The van der Waals surface area contributed by atoms with Crippen LogP contribution < -0.4 is 5.32 Å². The lowest BCUT2D eigenvalue weighted by molar-refractivity contribution is -0.129. The summed E-state index contributed by atoms with van der Waals surface area (Å²) in [6.45, 7) is 19.3. The fourth-order valence-electron chi connectivity index (χ4n) is 3.81. The molecule has 0 aliphatic rings. The molecule has 0 aromatic carbocycles. The topological polar surface area (TPSA) is 49.3 Å². The van der Waals surface area contributed by atoms with Crippen molar-refractivity contribution < 1.29 is 9.90 Å². The molecule has 0 fully saturated rings. The van der Waals surface area contributed by atoms with Crippen LogP contribution in [0.5, 0.6) is 0 Å². The van der Waals surface area contributed by atoms with Gasteiger partial charge in [-0.3, -0.25) is 4.79 Å². The van der Waals surface area contributed by atoms with Crippen molar-refractivity contribution in [2.24, 2.45) is 35.5 Å². The van der Waals surface area contributed by atoms with Crippen molar-refractivity contribution in [3.8, 4) is 0 Å². The van der Waals surface area contributed by atoms with Gasteiger partial charge < -0.3 is 10.4 Å². The van der Waals surface area contributed by atoms with Crippen LogP contribution in [0.15, 0.2) is 0 Å². The number of rotatable bonds is 11. The Morgan fingerprint density at radius 3 is 1.79 bits per heavy atom. The maximum Gasteiger partial charge on any atom is 0.223 e. The van der Waals surface area contributed by atoms with Crippen LogP contribution in [-0.2, 0) is 4.79 Å². The number of hydrogen-bond donors (Lipinski definition) is 2. The molecule has 2 N–H and O–H groups in total. The van der Waals surface area contributed by atoms with Crippen LogP contribution in [0.3, 0.4) is 0 Å². The molecule has 0 aromatic rings.